The number of furan rings is 1. The van der Waals surface area contributed by atoms with Gasteiger partial charge >= 0.3 is 0 Å². The summed E-state index contributed by atoms with van der Waals surface area (Å²) in [5.41, 5.74) is 1.07. The number of hydrogen-bond acceptors (Lipinski definition) is 5. The molecule has 2 amide bonds. The Kier molecular flexibility index (Phi) is 7.15. The zero-order valence-electron chi connectivity index (χ0n) is 19.2. The van der Waals surface area contributed by atoms with Crippen LogP contribution < -0.4 is 9.47 Å². The van der Waals surface area contributed by atoms with Gasteiger partial charge in [-0.05, 0) is 53.9 Å². The van der Waals surface area contributed by atoms with E-state index >= 15 is 0 Å². The Hall–Kier alpha value is -3.81. The highest BCUT2D eigenvalue weighted by molar-refractivity contribution is 5.96. The summed E-state index contributed by atoms with van der Waals surface area (Å²) < 4.78 is 30.0. The minimum atomic E-state index is -0.496. The molecule has 8 heteroatoms. The van der Waals surface area contributed by atoms with Crippen molar-refractivity contribution in [3.63, 3.8) is 0 Å². The van der Waals surface area contributed by atoms with Crippen LogP contribution in [0.15, 0.2) is 65.3 Å². The minimum Gasteiger partial charge on any atom is -0.467 e. The van der Waals surface area contributed by atoms with Gasteiger partial charge in [-0.25, -0.2) is 4.39 Å². The van der Waals surface area contributed by atoms with Crippen LogP contribution in [0.3, 0.4) is 0 Å². The average molecular weight is 467 g/mol. The molecule has 0 atom stereocenters. The molecule has 0 saturated heterocycles. The number of amides is 2. The summed E-state index contributed by atoms with van der Waals surface area (Å²) >= 11 is 0. The molecule has 178 valence electrons. The lowest BCUT2D eigenvalue weighted by Crippen LogP contribution is -2.43. The number of carbonyl (C=O) groups excluding carboxylic acids is 2. The summed E-state index contributed by atoms with van der Waals surface area (Å²) in [6.07, 6.45) is 1.55. The molecular formula is C26H27FN2O5. The van der Waals surface area contributed by atoms with Gasteiger partial charge in [0.2, 0.25) is 12.7 Å². The number of benzene rings is 2. The standard InChI is InChI=1S/C26H27FN2O5/c1-18(2)13-29(26(31)20-5-3-6-21(27)12-20)16-25(30)28(15-22-7-4-10-32-22)14-19-8-9-23-24(11-19)34-17-33-23/h3-12,18H,13-17H2,1-2H3. The number of nitrogens with zero attached hydrogens (tertiary/aromatic N) is 2. The summed E-state index contributed by atoms with van der Waals surface area (Å²) in [5, 5.41) is 0. The van der Waals surface area contributed by atoms with Crippen molar-refractivity contribution in [2.24, 2.45) is 5.92 Å². The second-order valence-corrected chi connectivity index (χ2v) is 8.61. The van der Waals surface area contributed by atoms with Crippen LogP contribution in [-0.4, -0.2) is 41.5 Å². The first-order valence-corrected chi connectivity index (χ1v) is 11.1. The van der Waals surface area contributed by atoms with E-state index in [9.17, 15) is 14.0 Å². The van der Waals surface area contributed by atoms with Crippen LogP contribution in [0.4, 0.5) is 4.39 Å². The zero-order valence-corrected chi connectivity index (χ0v) is 19.2. The lowest BCUT2D eigenvalue weighted by Gasteiger charge is -2.28. The van der Waals surface area contributed by atoms with Crippen LogP contribution in [0, 0.1) is 11.7 Å². The molecule has 1 aliphatic rings. The van der Waals surface area contributed by atoms with E-state index in [1.54, 1.807) is 29.4 Å². The molecule has 0 saturated carbocycles. The quantitative estimate of drug-likeness (QED) is 0.465. The van der Waals surface area contributed by atoms with E-state index in [0.717, 1.165) is 5.56 Å². The van der Waals surface area contributed by atoms with Crippen molar-refractivity contribution in [1.82, 2.24) is 9.80 Å². The number of halogens is 1. The predicted octanol–water partition coefficient (Wildman–Crippen LogP) is 4.47. The van der Waals surface area contributed by atoms with Crippen molar-refractivity contribution in [1.29, 1.82) is 0 Å². The maximum atomic E-state index is 13.7. The maximum Gasteiger partial charge on any atom is 0.254 e. The van der Waals surface area contributed by atoms with E-state index in [-0.39, 0.29) is 43.2 Å². The van der Waals surface area contributed by atoms with Gasteiger partial charge in [-0.15, -0.1) is 0 Å². The summed E-state index contributed by atoms with van der Waals surface area (Å²) in [5.74, 6) is 0.909. The first-order valence-electron chi connectivity index (χ1n) is 11.1. The first-order chi connectivity index (χ1) is 16.4. The Morgan fingerprint density at radius 2 is 1.79 bits per heavy atom. The maximum absolute atomic E-state index is 13.7. The molecule has 0 radical (unpaired) electrons. The molecule has 0 aliphatic carbocycles. The Morgan fingerprint density at radius 1 is 0.971 bits per heavy atom. The lowest BCUT2D eigenvalue weighted by molar-refractivity contribution is -0.133. The van der Waals surface area contributed by atoms with Gasteiger partial charge in [0.15, 0.2) is 11.5 Å². The van der Waals surface area contributed by atoms with Crippen molar-refractivity contribution in [2.75, 3.05) is 19.9 Å². The Labute approximate surface area is 197 Å². The van der Waals surface area contributed by atoms with E-state index in [2.05, 4.69) is 0 Å². The van der Waals surface area contributed by atoms with Crippen LogP contribution >= 0.6 is 0 Å². The van der Waals surface area contributed by atoms with Gasteiger partial charge in [0.05, 0.1) is 12.8 Å². The molecule has 2 heterocycles. The van der Waals surface area contributed by atoms with Gasteiger partial charge in [-0.2, -0.15) is 0 Å². The van der Waals surface area contributed by atoms with Crippen molar-refractivity contribution >= 4 is 11.8 Å². The monoisotopic (exact) mass is 466 g/mol. The molecule has 4 rings (SSSR count). The second kappa shape index (κ2) is 10.4. The van der Waals surface area contributed by atoms with Crippen LogP contribution in [0.5, 0.6) is 11.5 Å². The van der Waals surface area contributed by atoms with Crippen LogP contribution in [0.2, 0.25) is 0 Å². The fraction of sp³-hybridized carbons (Fsp3) is 0.308. The molecule has 3 aromatic rings. The largest absolute Gasteiger partial charge is 0.467 e. The Morgan fingerprint density at radius 3 is 2.53 bits per heavy atom. The fourth-order valence-corrected chi connectivity index (χ4v) is 3.81. The molecule has 0 unspecified atom stereocenters. The third-order valence-corrected chi connectivity index (χ3v) is 5.36. The molecular weight excluding hydrogens is 439 g/mol. The zero-order chi connectivity index (χ0) is 24.1. The summed E-state index contributed by atoms with van der Waals surface area (Å²) in [6.45, 7) is 4.84. The summed E-state index contributed by atoms with van der Waals surface area (Å²) in [6, 6.07) is 14.6. The number of rotatable bonds is 9. The fourth-order valence-electron chi connectivity index (χ4n) is 3.81. The molecule has 2 aromatic carbocycles. The number of ether oxygens (including phenoxy) is 2. The molecule has 34 heavy (non-hydrogen) atoms. The van der Waals surface area contributed by atoms with E-state index in [4.69, 9.17) is 13.9 Å². The van der Waals surface area contributed by atoms with Crippen LogP contribution in [-0.2, 0) is 17.9 Å². The normalized spacial score (nSPS) is 12.1. The first kappa shape index (κ1) is 23.4. The summed E-state index contributed by atoms with van der Waals surface area (Å²) in [4.78, 5) is 29.7. The molecule has 0 bridgehead atoms. The Bertz CT molecular complexity index is 1150. The van der Waals surface area contributed by atoms with E-state index < -0.39 is 5.82 Å². The second-order valence-electron chi connectivity index (χ2n) is 8.61. The third kappa shape index (κ3) is 5.75. The van der Waals surface area contributed by atoms with Gasteiger partial charge < -0.3 is 23.7 Å². The topological polar surface area (TPSA) is 72.2 Å². The molecule has 1 aromatic heterocycles. The van der Waals surface area contributed by atoms with Crippen molar-refractivity contribution < 1.29 is 27.9 Å². The van der Waals surface area contributed by atoms with Crippen LogP contribution in [0.1, 0.15) is 35.5 Å². The highest BCUT2D eigenvalue weighted by Crippen LogP contribution is 2.33. The SMILES string of the molecule is CC(C)CN(CC(=O)N(Cc1ccc2c(c1)OCO2)Cc1ccco1)C(=O)c1cccc(F)c1. The summed E-state index contributed by atoms with van der Waals surface area (Å²) in [7, 11) is 0. The molecule has 0 fully saturated rings. The van der Waals surface area contributed by atoms with Gasteiger partial charge in [0, 0.05) is 18.7 Å². The van der Waals surface area contributed by atoms with Gasteiger partial charge in [-0.1, -0.05) is 26.0 Å². The van der Waals surface area contributed by atoms with Crippen molar-refractivity contribution in [2.45, 2.75) is 26.9 Å². The molecule has 1 aliphatic heterocycles. The Balaban J connectivity index is 1.55. The molecule has 7 nitrogen and oxygen atoms in total. The van der Waals surface area contributed by atoms with Gasteiger partial charge in [0.1, 0.15) is 18.1 Å². The average Bonchev–Trinajstić information content (AvgIpc) is 3.49. The van der Waals surface area contributed by atoms with Crippen molar-refractivity contribution in [3.05, 3.63) is 83.6 Å². The predicted molar refractivity (Wildman–Crippen MR) is 123 cm³/mol. The van der Waals surface area contributed by atoms with E-state index in [1.165, 1.54) is 23.1 Å². The smallest absolute Gasteiger partial charge is 0.254 e. The molecule has 0 spiro atoms. The van der Waals surface area contributed by atoms with E-state index in [1.807, 2.05) is 32.0 Å². The van der Waals surface area contributed by atoms with Gasteiger partial charge in [-0.3, -0.25) is 9.59 Å². The lowest BCUT2D eigenvalue weighted by atomic mass is 10.1. The molecule has 0 N–H and O–H groups in total. The number of carbonyl (C=O) groups is 2. The van der Waals surface area contributed by atoms with Crippen LogP contribution in [0.25, 0.3) is 0 Å². The van der Waals surface area contributed by atoms with Gasteiger partial charge in [0.25, 0.3) is 5.91 Å². The highest BCUT2D eigenvalue weighted by Gasteiger charge is 2.25. The minimum absolute atomic E-state index is 0.123. The number of fused-ring (bicyclic) bond motifs is 1. The van der Waals surface area contributed by atoms with Crippen molar-refractivity contribution in [3.8, 4) is 11.5 Å². The highest BCUT2D eigenvalue weighted by atomic mass is 19.1. The third-order valence-electron chi connectivity index (χ3n) is 5.36. The van der Waals surface area contributed by atoms with E-state index in [0.29, 0.717) is 30.3 Å². The number of hydrogen-bond donors (Lipinski definition) is 0.